The second-order valence-corrected chi connectivity index (χ2v) is 6.07. The summed E-state index contributed by atoms with van der Waals surface area (Å²) in [6, 6.07) is 9.96. The van der Waals surface area contributed by atoms with Gasteiger partial charge in [0.2, 0.25) is 0 Å². The first-order valence-corrected chi connectivity index (χ1v) is 7.57. The molecule has 0 atom stereocenters. The van der Waals surface area contributed by atoms with Crippen LogP contribution in [0, 0.1) is 17.2 Å². The molecule has 0 fully saturated rings. The fourth-order valence-electron chi connectivity index (χ4n) is 1.75. The number of benzene rings is 1. The molecule has 0 bridgehead atoms. The molecule has 1 heterocycles. The van der Waals surface area contributed by atoms with E-state index in [1.165, 1.54) is 11.3 Å². The number of thiazole rings is 1. The summed E-state index contributed by atoms with van der Waals surface area (Å²) >= 11 is 1.38. The monoisotopic (exact) mass is 302 g/mol. The largest absolute Gasteiger partial charge is 0.493 e. The molecule has 0 saturated carbocycles. The lowest BCUT2D eigenvalue weighted by Crippen LogP contribution is -2.04. The fraction of sp³-hybridized carbons (Fsp3) is 0.375. The Balaban J connectivity index is 2.17. The summed E-state index contributed by atoms with van der Waals surface area (Å²) < 4.78 is 10.7. The SMILES string of the molecule is COCc1nc(-c2ccc(OCC(C)C)cc2)sc1C#N. The first-order chi connectivity index (χ1) is 10.1. The molecule has 0 unspecified atom stereocenters. The molecule has 110 valence electrons. The van der Waals surface area contributed by atoms with Crippen molar-refractivity contribution in [2.45, 2.75) is 20.5 Å². The van der Waals surface area contributed by atoms with Gasteiger partial charge in [0, 0.05) is 12.7 Å². The zero-order chi connectivity index (χ0) is 15.2. The van der Waals surface area contributed by atoms with Crippen LogP contribution >= 0.6 is 11.3 Å². The van der Waals surface area contributed by atoms with Crippen molar-refractivity contribution in [3.8, 4) is 22.4 Å². The van der Waals surface area contributed by atoms with Gasteiger partial charge in [-0.05, 0) is 30.2 Å². The zero-order valence-corrected chi connectivity index (χ0v) is 13.2. The predicted molar refractivity (Wildman–Crippen MR) is 83.3 cm³/mol. The summed E-state index contributed by atoms with van der Waals surface area (Å²) in [4.78, 5) is 5.08. The molecule has 0 radical (unpaired) electrons. The number of hydrogen-bond acceptors (Lipinski definition) is 5. The maximum Gasteiger partial charge on any atom is 0.130 e. The standard InChI is InChI=1S/C16H18N2O2S/c1-11(2)9-20-13-6-4-12(5-7-13)16-18-14(10-19-3)15(8-17)21-16/h4-7,11H,9-10H2,1-3H3. The van der Waals surface area contributed by atoms with Gasteiger partial charge in [-0.3, -0.25) is 0 Å². The van der Waals surface area contributed by atoms with Crippen LogP contribution in [0.5, 0.6) is 5.75 Å². The maximum atomic E-state index is 9.12. The van der Waals surface area contributed by atoms with E-state index in [-0.39, 0.29) is 0 Å². The van der Waals surface area contributed by atoms with Crippen LogP contribution < -0.4 is 4.74 Å². The van der Waals surface area contributed by atoms with Crippen molar-refractivity contribution in [1.82, 2.24) is 4.98 Å². The normalized spacial score (nSPS) is 10.6. The van der Waals surface area contributed by atoms with Gasteiger partial charge in [0.1, 0.15) is 21.7 Å². The summed E-state index contributed by atoms with van der Waals surface area (Å²) in [6.07, 6.45) is 0. The van der Waals surface area contributed by atoms with Gasteiger partial charge in [0.05, 0.1) is 18.9 Å². The highest BCUT2D eigenvalue weighted by Gasteiger charge is 2.12. The van der Waals surface area contributed by atoms with E-state index in [4.69, 9.17) is 14.7 Å². The van der Waals surface area contributed by atoms with Gasteiger partial charge in [-0.2, -0.15) is 5.26 Å². The molecule has 4 nitrogen and oxygen atoms in total. The number of aromatic nitrogens is 1. The number of methoxy groups -OCH3 is 1. The minimum absolute atomic E-state index is 0.356. The van der Waals surface area contributed by atoms with E-state index < -0.39 is 0 Å². The zero-order valence-electron chi connectivity index (χ0n) is 12.4. The van der Waals surface area contributed by atoms with Crippen LogP contribution in [0.15, 0.2) is 24.3 Å². The summed E-state index contributed by atoms with van der Waals surface area (Å²) in [5.74, 6) is 1.35. The Labute approximate surface area is 129 Å². The lowest BCUT2D eigenvalue weighted by atomic mass is 10.2. The summed E-state index contributed by atoms with van der Waals surface area (Å²) in [6.45, 7) is 5.29. The molecular formula is C16H18N2O2S. The van der Waals surface area contributed by atoms with Crippen LogP contribution in [0.2, 0.25) is 0 Å². The van der Waals surface area contributed by atoms with Crippen molar-refractivity contribution >= 4 is 11.3 Å². The quantitative estimate of drug-likeness (QED) is 0.813. The Morgan fingerprint density at radius 3 is 2.57 bits per heavy atom. The van der Waals surface area contributed by atoms with Crippen LogP contribution in [0.4, 0.5) is 0 Å². The van der Waals surface area contributed by atoms with Gasteiger partial charge in [0.25, 0.3) is 0 Å². The van der Waals surface area contributed by atoms with Crippen molar-refractivity contribution in [3.63, 3.8) is 0 Å². The topological polar surface area (TPSA) is 55.1 Å². The number of nitriles is 1. The molecule has 0 amide bonds. The Hall–Kier alpha value is -1.90. The van der Waals surface area contributed by atoms with Gasteiger partial charge >= 0.3 is 0 Å². The van der Waals surface area contributed by atoms with E-state index in [2.05, 4.69) is 24.9 Å². The van der Waals surface area contributed by atoms with E-state index in [0.29, 0.717) is 29.7 Å². The van der Waals surface area contributed by atoms with E-state index in [9.17, 15) is 0 Å². The molecular weight excluding hydrogens is 284 g/mol. The smallest absolute Gasteiger partial charge is 0.130 e. The second-order valence-electron chi connectivity index (χ2n) is 5.07. The average molecular weight is 302 g/mol. The molecule has 1 aromatic carbocycles. The van der Waals surface area contributed by atoms with Crippen LogP contribution in [0.3, 0.4) is 0 Å². The van der Waals surface area contributed by atoms with Crippen LogP contribution in [-0.2, 0) is 11.3 Å². The number of hydrogen-bond donors (Lipinski definition) is 0. The first-order valence-electron chi connectivity index (χ1n) is 6.76. The highest BCUT2D eigenvalue weighted by atomic mass is 32.1. The van der Waals surface area contributed by atoms with Gasteiger partial charge in [-0.1, -0.05) is 13.8 Å². The first kappa shape index (κ1) is 15.5. The van der Waals surface area contributed by atoms with Crippen molar-refractivity contribution in [2.75, 3.05) is 13.7 Å². The van der Waals surface area contributed by atoms with Crippen LogP contribution in [0.25, 0.3) is 10.6 Å². The number of rotatable bonds is 6. The highest BCUT2D eigenvalue weighted by molar-refractivity contribution is 7.15. The Morgan fingerprint density at radius 2 is 2.00 bits per heavy atom. The summed E-state index contributed by atoms with van der Waals surface area (Å²) in [7, 11) is 1.60. The molecule has 21 heavy (non-hydrogen) atoms. The maximum absolute atomic E-state index is 9.12. The van der Waals surface area contributed by atoms with Gasteiger partial charge < -0.3 is 9.47 Å². The Morgan fingerprint density at radius 1 is 1.29 bits per heavy atom. The fourth-order valence-corrected chi connectivity index (χ4v) is 2.62. The predicted octanol–water partition coefficient (Wildman–Crippen LogP) is 3.86. The number of ether oxygens (including phenoxy) is 2. The van der Waals surface area contributed by atoms with Gasteiger partial charge in [-0.15, -0.1) is 11.3 Å². The molecule has 2 aromatic rings. The Bertz CT molecular complexity index is 627. The third kappa shape index (κ3) is 4.03. The van der Waals surface area contributed by atoms with Crippen molar-refractivity contribution < 1.29 is 9.47 Å². The highest BCUT2D eigenvalue weighted by Crippen LogP contribution is 2.29. The van der Waals surface area contributed by atoms with Gasteiger partial charge in [0.15, 0.2) is 0 Å². The third-order valence-electron chi connectivity index (χ3n) is 2.76. The molecule has 0 spiro atoms. The van der Waals surface area contributed by atoms with E-state index in [0.717, 1.165) is 16.3 Å². The van der Waals surface area contributed by atoms with E-state index in [1.54, 1.807) is 7.11 Å². The molecule has 0 aliphatic carbocycles. The summed E-state index contributed by atoms with van der Waals surface area (Å²) in [5, 5.41) is 9.94. The molecule has 0 aliphatic heterocycles. The van der Waals surface area contributed by atoms with Gasteiger partial charge in [-0.25, -0.2) is 4.98 Å². The van der Waals surface area contributed by atoms with Crippen molar-refractivity contribution in [3.05, 3.63) is 34.8 Å². The van der Waals surface area contributed by atoms with E-state index in [1.807, 2.05) is 24.3 Å². The molecule has 2 rings (SSSR count). The molecule has 0 N–H and O–H groups in total. The third-order valence-corrected chi connectivity index (χ3v) is 3.82. The van der Waals surface area contributed by atoms with Crippen molar-refractivity contribution in [2.24, 2.45) is 5.92 Å². The van der Waals surface area contributed by atoms with Crippen LogP contribution in [0.1, 0.15) is 24.4 Å². The molecule has 0 saturated heterocycles. The molecule has 0 aliphatic rings. The minimum Gasteiger partial charge on any atom is -0.493 e. The van der Waals surface area contributed by atoms with E-state index >= 15 is 0 Å². The van der Waals surface area contributed by atoms with Crippen LogP contribution in [-0.4, -0.2) is 18.7 Å². The lowest BCUT2D eigenvalue weighted by molar-refractivity contribution is 0.182. The number of nitrogens with zero attached hydrogens (tertiary/aromatic N) is 2. The minimum atomic E-state index is 0.356. The average Bonchev–Trinajstić information content (AvgIpc) is 2.89. The van der Waals surface area contributed by atoms with Crippen molar-refractivity contribution in [1.29, 1.82) is 5.26 Å². The Kier molecular flexibility index (Phi) is 5.32. The second kappa shape index (κ2) is 7.21. The lowest BCUT2D eigenvalue weighted by Gasteiger charge is -2.08. The molecule has 1 aromatic heterocycles. The molecule has 5 heteroatoms. The summed E-state index contributed by atoms with van der Waals surface area (Å²) in [5.41, 5.74) is 1.68.